The Hall–Kier alpha value is -2.57. The van der Waals surface area contributed by atoms with Crippen LogP contribution in [0.1, 0.15) is 5.56 Å². The van der Waals surface area contributed by atoms with Crippen LogP contribution >= 0.6 is 0 Å². The number of nitrogens with one attached hydrogen (secondary N) is 1. The molecule has 0 aromatic heterocycles. The summed E-state index contributed by atoms with van der Waals surface area (Å²) in [5.74, 6) is -2.42. The van der Waals surface area contributed by atoms with E-state index in [1.54, 1.807) is 12.1 Å². The maximum atomic E-state index is 13.6. The third-order valence-corrected chi connectivity index (χ3v) is 2.87. The van der Waals surface area contributed by atoms with Crippen molar-refractivity contribution in [3.63, 3.8) is 0 Å². The maximum Gasteiger partial charge on any atom is 0.275 e. The number of hydrogen-bond acceptors (Lipinski definition) is 3. The van der Waals surface area contributed by atoms with Crippen molar-refractivity contribution in [1.29, 1.82) is 0 Å². The highest BCUT2D eigenvalue weighted by Gasteiger charge is 2.16. The Morgan fingerprint density at radius 1 is 1.05 bits per heavy atom. The lowest BCUT2D eigenvalue weighted by molar-refractivity contribution is -0.385. The van der Waals surface area contributed by atoms with Gasteiger partial charge in [0, 0.05) is 6.54 Å². The van der Waals surface area contributed by atoms with Crippen LogP contribution < -0.4 is 5.32 Å². The summed E-state index contributed by atoms with van der Waals surface area (Å²) < 4.78 is 39.9. The molecular formula is C14H11F3N2O2. The Bertz CT molecular complexity index is 637. The van der Waals surface area contributed by atoms with Crippen molar-refractivity contribution in [3.05, 3.63) is 69.5 Å². The molecule has 7 heteroatoms. The molecule has 0 aliphatic carbocycles. The summed E-state index contributed by atoms with van der Waals surface area (Å²) >= 11 is 0. The highest BCUT2D eigenvalue weighted by Crippen LogP contribution is 2.24. The summed E-state index contributed by atoms with van der Waals surface area (Å²) in [5.41, 5.74) is -0.261. The van der Waals surface area contributed by atoms with Gasteiger partial charge in [0.1, 0.15) is 11.5 Å². The molecule has 0 radical (unpaired) electrons. The molecule has 4 nitrogen and oxygen atoms in total. The normalized spacial score (nSPS) is 10.4. The molecule has 0 fully saturated rings. The van der Waals surface area contributed by atoms with Crippen LogP contribution in [-0.2, 0) is 6.42 Å². The first-order valence-electron chi connectivity index (χ1n) is 6.09. The van der Waals surface area contributed by atoms with Gasteiger partial charge < -0.3 is 5.32 Å². The standard InChI is InChI=1S/C14H11F3N2O2/c15-10-3-1-9(2-4-10)5-6-18-14-12(16)7-11(19(20)21)8-13(14)17/h1-4,7-8,18H,5-6H2. The van der Waals surface area contributed by atoms with E-state index in [0.29, 0.717) is 18.6 Å². The Labute approximate surface area is 118 Å². The summed E-state index contributed by atoms with van der Waals surface area (Å²) in [6, 6.07) is 7.04. The molecule has 2 aromatic carbocycles. The van der Waals surface area contributed by atoms with Crippen LogP contribution in [0.2, 0.25) is 0 Å². The third kappa shape index (κ3) is 3.71. The average molecular weight is 296 g/mol. The zero-order valence-corrected chi connectivity index (χ0v) is 10.8. The monoisotopic (exact) mass is 296 g/mol. The maximum absolute atomic E-state index is 13.6. The molecule has 0 saturated heterocycles. The SMILES string of the molecule is O=[N+]([O-])c1cc(F)c(NCCc2ccc(F)cc2)c(F)c1. The predicted molar refractivity (Wildman–Crippen MR) is 71.6 cm³/mol. The number of rotatable bonds is 5. The molecule has 0 unspecified atom stereocenters. The fourth-order valence-electron chi connectivity index (χ4n) is 1.82. The second kappa shape index (κ2) is 6.25. The van der Waals surface area contributed by atoms with E-state index in [-0.39, 0.29) is 12.4 Å². The van der Waals surface area contributed by atoms with Gasteiger partial charge in [-0.15, -0.1) is 0 Å². The largest absolute Gasteiger partial charge is 0.380 e. The Balaban J connectivity index is 2.03. The number of benzene rings is 2. The van der Waals surface area contributed by atoms with Crippen LogP contribution in [0.25, 0.3) is 0 Å². The molecule has 110 valence electrons. The summed E-state index contributed by atoms with van der Waals surface area (Å²) in [5, 5.41) is 13.0. The van der Waals surface area contributed by atoms with Crippen LogP contribution in [0, 0.1) is 27.6 Å². The molecule has 0 aliphatic heterocycles. The van der Waals surface area contributed by atoms with Crippen molar-refractivity contribution < 1.29 is 18.1 Å². The van der Waals surface area contributed by atoms with Crippen molar-refractivity contribution in [1.82, 2.24) is 0 Å². The van der Waals surface area contributed by atoms with E-state index in [1.165, 1.54) is 12.1 Å². The number of anilines is 1. The van der Waals surface area contributed by atoms with Gasteiger partial charge in [-0.25, -0.2) is 13.2 Å². The highest BCUT2D eigenvalue weighted by atomic mass is 19.1. The minimum Gasteiger partial charge on any atom is -0.380 e. The van der Waals surface area contributed by atoms with Gasteiger partial charge in [0.15, 0.2) is 11.6 Å². The number of nitro benzene ring substituents is 1. The summed E-state index contributed by atoms with van der Waals surface area (Å²) in [6.45, 7) is 0.206. The number of halogens is 3. The Kier molecular flexibility index (Phi) is 4.42. The van der Waals surface area contributed by atoms with Gasteiger partial charge in [0.05, 0.1) is 17.1 Å². The van der Waals surface area contributed by atoms with Crippen molar-refractivity contribution in [2.45, 2.75) is 6.42 Å². The molecule has 1 N–H and O–H groups in total. The van der Waals surface area contributed by atoms with Crippen LogP contribution in [-0.4, -0.2) is 11.5 Å². The van der Waals surface area contributed by atoms with Crippen LogP contribution in [0.4, 0.5) is 24.5 Å². The first-order valence-corrected chi connectivity index (χ1v) is 6.09. The average Bonchev–Trinajstić information content (AvgIpc) is 2.43. The van der Waals surface area contributed by atoms with Crippen molar-refractivity contribution in [3.8, 4) is 0 Å². The van der Waals surface area contributed by atoms with Crippen molar-refractivity contribution in [2.75, 3.05) is 11.9 Å². The molecule has 0 amide bonds. The number of nitrogens with zero attached hydrogens (tertiary/aromatic N) is 1. The van der Waals surface area contributed by atoms with Gasteiger partial charge in [0.2, 0.25) is 0 Å². The van der Waals surface area contributed by atoms with E-state index in [0.717, 1.165) is 5.56 Å². The third-order valence-electron chi connectivity index (χ3n) is 2.87. The first kappa shape index (κ1) is 14.8. The lowest BCUT2D eigenvalue weighted by Crippen LogP contribution is -2.08. The molecule has 0 aliphatic rings. The topological polar surface area (TPSA) is 55.2 Å². The molecule has 0 bridgehead atoms. The zero-order valence-electron chi connectivity index (χ0n) is 10.8. The van der Waals surface area contributed by atoms with Gasteiger partial charge in [-0.3, -0.25) is 10.1 Å². The van der Waals surface area contributed by atoms with E-state index in [9.17, 15) is 23.3 Å². The quantitative estimate of drug-likeness (QED) is 0.676. The van der Waals surface area contributed by atoms with Crippen LogP contribution in [0.5, 0.6) is 0 Å². The summed E-state index contributed by atoms with van der Waals surface area (Å²) in [6.07, 6.45) is 0.427. The number of hydrogen-bond donors (Lipinski definition) is 1. The summed E-state index contributed by atoms with van der Waals surface area (Å²) in [7, 11) is 0. The molecule has 0 saturated carbocycles. The van der Waals surface area contributed by atoms with E-state index < -0.39 is 27.9 Å². The van der Waals surface area contributed by atoms with Crippen LogP contribution in [0.15, 0.2) is 36.4 Å². The minimum atomic E-state index is -1.03. The van der Waals surface area contributed by atoms with E-state index in [2.05, 4.69) is 5.32 Å². The number of nitro groups is 1. The first-order chi connectivity index (χ1) is 9.97. The Morgan fingerprint density at radius 2 is 1.62 bits per heavy atom. The van der Waals surface area contributed by atoms with E-state index >= 15 is 0 Å². The predicted octanol–water partition coefficient (Wildman–Crippen LogP) is 3.67. The fraction of sp³-hybridized carbons (Fsp3) is 0.143. The second-order valence-electron chi connectivity index (χ2n) is 4.34. The fourth-order valence-corrected chi connectivity index (χ4v) is 1.82. The van der Waals surface area contributed by atoms with Gasteiger partial charge >= 0.3 is 0 Å². The van der Waals surface area contributed by atoms with Crippen LogP contribution in [0.3, 0.4) is 0 Å². The molecule has 2 aromatic rings. The van der Waals surface area contributed by atoms with Crippen molar-refractivity contribution >= 4 is 11.4 Å². The molecule has 21 heavy (non-hydrogen) atoms. The van der Waals surface area contributed by atoms with Gasteiger partial charge in [-0.2, -0.15) is 0 Å². The van der Waals surface area contributed by atoms with E-state index in [1.807, 2.05) is 0 Å². The van der Waals surface area contributed by atoms with Gasteiger partial charge in [-0.1, -0.05) is 12.1 Å². The van der Waals surface area contributed by atoms with Gasteiger partial charge in [-0.05, 0) is 24.1 Å². The van der Waals surface area contributed by atoms with Crippen molar-refractivity contribution in [2.24, 2.45) is 0 Å². The van der Waals surface area contributed by atoms with Gasteiger partial charge in [0.25, 0.3) is 5.69 Å². The zero-order chi connectivity index (χ0) is 15.4. The lowest BCUT2D eigenvalue weighted by atomic mass is 10.1. The molecule has 0 atom stereocenters. The second-order valence-corrected chi connectivity index (χ2v) is 4.34. The summed E-state index contributed by atoms with van der Waals surface area (Å²) in [4.78, 5) is 9.60. The lowest BCUT2D eigenvalue weighted by Gasteiger charge is -2.08. The molecular weight excluding hydrogens is 285 g/mol. The molecule has 2 rings (SSSR count). The molecule has 0 heterocycles. The number of non-ortho nitro benzene ring substituents is 1. The minimum absolute atomic E-state index is 0.206. The van der Waals surface area contributed by atoms with E-state index in [4.69, 9.17) is 0 Å². The molecule has 0 spiro atoms. The Morgan fingerprint density at radius 3 is 2.14 bits per heavy atom. The smallest absolute Gasteiger partial charge is 0.275 e. The highest BCUT2D eigenvalue weighted by molar-refractivity contribution is 5.51.